The first-order valence-corrected chi connectivity index (χ1v) is 9.21. The summed E-state index contributed by atoms with van der Waals surface area (Å²) in [6.45, 7) is 9.03. The highest BCUT2D eigenvalue weighted by atomic mass is 127. The minimum Gasteiger partial charge on any atom is -0.354 e. The molecule has 2 heterocycles. The quantitative estimate of drug-likeness (QED) is 0.434. The smallest absolute Gasteiger partial charge is 0.205 e. The zero-order valence-corrected chi connectivity index (χ0v) is 17.1. The Morgan fingerprint density at radius 2 is 2.00 bits per heavy atom. The summed E-state index contributed by atoms with van der Waals surface area (Å²) in [6, 6.07) is 0.638. The fraction of sp³-hybridized carbons (Fsp3) is 0.800. The molecule has 0 spiro atoms. The molecule has 3 rings (SSSR count). The molecule has 1 saturated heterocycles. The number of halogens is 1. The zero-order chi connectivity index (χ0) is 15.4. The van der Waals surface area contributed by atoms with E-state index in [1.54, 1.807) is 0 Å². The number of aromatic nitrogens is 2. The molecule has 1 aromatic rings. The third-order valence-electron chi connectivity index (χ3n) is 4.37. The number of anilines is 1. The Hall–Kier alpha value is -0.640. The van der Waals surface area contributed by atoms with Gasteiger partial charge in [0.25, 0.3) is 0 Å². The second-order valence-corrected chi connectivity index (χ2v) is 6.62. The van der Waals surface area contributed by atoms with Crippen LogP contribution in [0, 0.1) is 0 Å². The standard InChI is InChI=1S/C15H26N6S.HI/c1-3-13-18-15(22-19-13)21-10-8-20(9-11-21)14(16-4-2)17-12-6-5-7-12;/h12H,3-11H2,1-2H3,(H,16,17);1H. The molecule has 1 aliphatic carbocycles. The Morgan fingerprint density at radius 1 is 1.26 bits per heavy atom. The van der Waals surface area contributed by atoms with Crippen LogP contribution in [0.1, 0.15) is 38.9 Å². The lowest BCUT2D eigenvalue weighted by Gasteiger charge is -2.38. The number of piperazine rings is 1. The minimum absolute atomic E-state index is 0. The summed E-state index contributed by atoms with van der Waals surface area (Å²) in [7, 11) is 0. The molecule has 1 aliphatic heterocycles. The Kier molecular flexibility index (Phi) is 7.32. The first-order valence-electron chi connectivity index (χ1n) is 8.43. The number of aliphatic imine (C=N–C) groups is 1. The summed E-state index contributed by atoms with van der Waals surface area (Å²) in [4.78, 5) is 14.0. The predicted octanol–water partition coefficient (Wildman–Crippen LogP) is 2.36. The van der Waals surface area contributed by atoms with Gasteiger partial charge < -0.3 is 15.1 Å². The van der Waals surface area contributed by atoms with Crippen molar-refractivity contribution in [3.8, 4) is 0 Å². The third-order valence-corrected chi connectivity index (χ3v) is 5.18. The average molecular weight is 450 g/mol. The van der Waals surface area contributed by atoms with E-state index >= 15 is 0 Å². The van der Waals surface area contributed by atoms with Gasteiger partial charge in [-0.15, -0.1) is 24.0 Å². The highest BCUT2D eigenvalue weighted by Crippen LogP contribution is 2.21. The van der Waals surface area contributed by atoms with Gasteiger partial charge in [-0.25, -0.2) is 4.98 Å². The van der Waals surface area contributed by atoms with Crippen molar-refractivity contribution in [1.82, 2.24) is 19.6 Å². The second kappa shape index (κ2) is 9.00. The maximum Gasteiger partial charge on any atom is 0.205 e. The van der Waals surface area contributed by atoms with Crippen molar-refractivity contribution in [3.05, 3.63) is 5.82 Å². The van der Waals surface area contributed by atoms with Gasteiger partial charge in [0.05, 0.1) is 0 Å². The molecular formula is C15H27IN6S. The number of hydrogen-bond donors (Lipinski definition) is 1. The number of rotatable bonds is 4. The molecule has 1 N–H and O–H groups in total. The number of aryl methyl sites for hydroxylation is 1. The first kappa shape index (κ1) is 18.7. The topological polar surface area (TPSA) is 56.7 Å². The van der Waals surface area contributed by atoms with Gasteiger partial charge in [0, 0.05) is 56.7 Å². The Bertz CT molecular complexity index is 508. The van der Waals surface area contributed by atoms with E-state index in [4.69, 9.17) is 0 Å². The molecule has 0 aromatic carbocycles. The molecule has 0 unspecified atom stereocenters. The van der Waals surface area contributed by atoms with E-state index in [1.165, 1.54) is 30.8 Å². The van der Waals surface area contributed by atoms with E-state index in [9.17, 15) is 0 Å². The number of guanidine groups is 1. The van der Waals surface area contributed by atoms with Crippen molar-refractivity contribution < 1.29 is 0 Å². The summed E-state index contributed by atoms with van der Waals surface area (Å²) in [5, 5.41) is 4.69. The second-order valence-electron chi connectivity index (χ2n) is 5.89. The molecule has 1 saturated carbocycles. The molecule has 0 atom stereocenters. The van der Waals surface area contributed by atoms with Gasteiger partial charge in [-0.05, 0) is 26.2 Å². The fourth-order valence-electron chi connectivity index (χ4n) is 2.75. The highest BCUT2D eigenvalue weighted by Gasteiger charge is 2.25. The molecule has 0 bridgehead atoms. The van der Waals surface area contributed by atoms with Gasteiger partial charge >= 0.3 is 0 Å². The van der Waals surface area contributed by atoms with E-state index in [0.717, 1.165) is 56.1 Å². The zero-order valence-electron chi connectivity index (χ0n) is 14.0. The normalized spacial score (nSPS) is 19.3. The number of nitrogens with one attached hydrogen (secondary N) is 1. The van der Waals surface area contributed by atoms with Gasteiger partial charge in [-0.3, -0.25) is 4.99 Å². The first-order chi connectivity index (χ1) is 10.8. The van der Waals surface area contributed by atoms with Crippen LogP contribution in [-0.2, 0) is 6.42 Å². The van der Waals surface area contributed by atoms with Gasteiger partial charge in [0.15, 0.2) is 5.96 Å². The van der Waals surface area contributed by atoms with Crippen molar-refractivity contribution in [3.63, 3.8) is 0 Å². The highest BCUT2D eigenvalue weighted by molar-refractivity contribution is 14.0. The molecule has 0 amide bonds. The lowest BCUT2D eigenvalue weighted by atomic mass is 9.93. The van der Waals surface area contributed by atoms with Crippen molar-refractivity contribution in [2.45, 2.75) is 45.6 Å². The van der Waals surface area contributed by atoms with Gasteiger partial charge in [-0.1, -0.05) is 6.92 Å². The predicted molar refractivity (Wildman–Crippen MR) is 107 cm³/mol. The SMILES string of the molecule is CCN=C(NC1CCC1)N1CCN(c2nc(CC)ns2)CC1.I. The molecule has 1 aromatic heterocycles. The summed E-state index contributed by atoms with van der Waals surface area (Å²) in [6.07, 6.45) is 4.83. The molecule has 130 valence electrons. The van der Waals surface area contributed by atoms with Crippen LogP contribution in [0.3, 0.4) is 0 Å². The summed E-state index contributed by atoms with van der Waals surface area (Å²) >= 11 is 1.52. The Balaban J connectivity index is 0.00000192. The monoisotopic (exact) mass is 450 g/mol. The molecule has 0 radical (unpaired) electrons. The third kappa shape index (κ3) is 4.68. The Labute approximate surface area is 159 Å². The van der Waals surface area contributed by atoms with Crippen LogP contribution < -0.4 is 10.2 Å². The van der Waals surface area contributed by atoms with Crippen LogP contribution in [0.5, 0.6) is 0 Å². The molecule has 2 fully saturated rings. The van der Waals surface area contributed by atoms with Crippen LogP contribution >= 0.6 is 35.5 Å². The summed E-state index contributed by atoms with van der Waals surface area (Å²) in [5.41, 5.74) is 0. The fourth-order valence-corrected chi connectivity index (χ4v) is 3.55. The Morgan fingerprint density at radius 3 is 2.52 bits per heavy atom. The van der Waals surface area contributed by atoms with Crippen LogP contribution in [0.15, 0.2) is 4.99 Å². The molecular weight excluding hydrogens is 423 g/mol. The van der Waals surface area contributed by atoms with Crippen molar-refractivity contribution in [2.24, 2.45) is 4.99 Å². The van der Waals surface area contributed by atoms with Crippen LogP contribution in [0.2, 0.25) is 0 Å². The summed E-state index contributed by atoms with van der Waals surface area (Å²) in [5.74, 6) is 2.06. The van der Waals surface area contributed by atoms with E-state index < -0.39 is 0 Å². The van der Waals surface area contributed by atoms with E-state index in [0.29, 0.717) is 6.04 Å². The van der Waals surface area contributed by atoms with E-state index in [-0.39, 0.29) is 24.0 Å². The number of nitrogens with zero attached hydrogens (tertiary/aromatic N) is 5. The maximum absolute atomic E-state index is 4.67. The average Bonchev–Trinajstić information content (AvgIpc) is 2.99. The lowest BCUT2D eigenvalue weighted by Crippen LogP contribution is -2.55. The molecule has 8 heteroatoms. The number of hydrogen-bond acceptors (Lipinski definition) is 5. The minimum atomic E-state index is 0. The van der Waals surface area contributed by atoms with Gasteiger partial charge in [-0.2, -0.15) is 4.37 Å². The summed E-state index contributed by atoms with van der Waals surface area (Å²) < 4.78 is 4.39. The van der Waals surface area contributed by atoms with Crippen molar-refractivity contribution in [1.29, 1.82) is 0 Å². The molecule has 6 nitrogen and oxygen atoms in total. The van der Waals surface area contributed by atoms with Crippen LogP contribution in [-0.4, -0.2) is 59.0 Å². The van der Waals surface area contributed by atoms with Crippen LogP contribution in [0.25, 0.3) is 0 Å². The van der Waals surface area contributed by atoms with E-state index in [1.807, 2.05) is 0 Å². The van der Waals surface area contributed by atoms with Crippen molar-refractivity contribution in [2.75, 3.05) is 37.6 Å². The largest absolute Gasteiger partial charge is 0.354 e. The lowest BCUT2D eigenvalue weighted by molar-refractivity contribution is 0.331. The van der Waals surface area contributed by atoms with E-state index in [2.05, 4.69) is 43.3 Å². The van der Waals surface area contributed by atoms with Crippen molar-refractivity contribution >= 4 is 46.6 Å². The maximum atomic E-state index is 4.67. The molecule has 23 heavy (non-hydrogen) atoms. The molecule has 2 aliphatic rings. The van der Waals surface area contributed by atoms with Crippen LogP contribution in [0.4, 0.5) is 5.13 Å². The van der Waals surface area contributed by atoms with Gasteiger partial charge in [0.2, 0.25) is 5.13 Å². The van der Waals surface area contributed by atoms with Gasteiger partial charge in [0.1, 0.15) is 5.82 Å².